The second-order valence-corrected chi connectivity index (χ2v) is 4.38. The van der Waals surface area contributed by atoms with Crippen molar-refractivity contribution in [3.63, 3.8) is 0 Å². The molecule has 0 spiro atoms. The number of fused-ring (bicyclic) bond motifs is 1. The van der Waals surface area contributed by atoms with Gasteiger partial charge in [0.05, 0.1) is 11.4 Å². The molecule has 2 aromatic rings. The zero-order valence-electron chi connectivity index (χ0n) is 10.4. The third-order valence-corrected chi connectivity index (χ3v) is 3.00. The number of ether oxygens (including phenoxy) is 2. The van der Waals surface area contributed by atoms with Gasteiger partial charge in [0.25, 0.3) is 0 Å². The third kappa shape index (κ3) is 2.14. The molecule has 5 heteroatoms. The van der Waals surface area contributed by atoms with Gasteiger partial charge < -0.3 is 20.5 Å². The maximum Gasteiger partial charge on any atom is 0.231 e. The van der Waals surface area contributed by atoms with Crippen LogP contribution in [0.3, 0.4) is 0 Å². The van der Waals surface area contributed by atoms with E-state index in [1.165, 1.54) is 18.2 Å². The Morgan fingerprint density at radius 3 is 2.63 bits per heavy atom. The number of nitrogen functional groups attached to an aromatic ring is 1. The van der Waals surface area contributed by atoms with Crippen molar-refractivity contribution >= 4 is 17.1 Å². The third-order valence-electron chi connectivity index (χ3n) is 3.00. The monoisotopic (exact) mass is 260 g/mol. The second-order valence-electron chi connectivity index (χ2n) is 4.38. The van der Waals surface area contributed by atoms with Gasteiger partial charge in [-0.2, -0.15) is 0 Å². The summed E-state index contributed by atoms with van der Waals surface area (Å²) in [5, 5.41) is 3.11. The Hall–Kier alpha value is -2.43. The molecule has 0 radical (unpaired) electrons. The van der Waals surface area contributed by atoms with Crippen molar-refractivity contribution in [3.05, 3.63) is 41.7 Å². The summed E-state index contributed by atoms with van der Waals surface area (Å²) in [5.41, 5.74) is 8.60. The molecule has 0 unspecified atom stereocenters. The fourth-order valence-electron chi connectivity index (χ4n) is 1.96. The van der Waals surface area contributed by atoms with Crippen LogP contribution in [-0.4, -0.2) is 6.79 Å². The zero-order chi connectivity index (χ0) is 13.4. The summed E-state index contributed by atoms with van der Waals surface area (Å²) in [6.45, 7) is 2.15. The summed E-state index contributed by atoms with van der Waals surface area (Å²) < 4.78 is 23.8. The van der Waals surface area contributed by atoms with E-state index in [9.17, 15) is 4.39 Å². The molecule has 2 aromatic carbocycles. The van der Waals surface area contributed by atoms with Gasteiger partial charge in [-0.1, -0.05) is 0 Å². The van der Waals surface area contributed by atoms with Crippen LogP contribution in [0.1, 0.15) is 5.56 Å². The first-order valence-corrected chi connectivity index (χ1v) is 5.86. The van der Waals surface area contributed by atoms with Gasteiger partial charge in [0.1, 0.15) is 5.82 Å². The van der Waals surface area contributed by atoms with E-state index in [1.807, 2.05) is 19.1 Å². The molecule has 0 atom stereocenters. The van der Waals surface area contributed by atoms with Gasteiger partial charge >= 0.3 is 0 Å². The van der Waals surface area contributed by atoms with Crippen molar-refractivity contribution in [2.24, 2.45) is 0 Å². The van der Waals surface area contributed by atoms with E-state index in [1.54, 1.807) is 0 Å². The van der Waals surface area contributed by atoms with E-state index in [0.717, 1.165) is 17.0 Å². The van der Waals surface area contributed by atoms with E-state index >= 15 is 0 Å². The molecule has 0 amide bonds. The van der Waals surface area contributed by atoms with Crippen molar-refractivity contribution in [1.82, 2.24) is 0 Å². The minimum absolute atomic E-state index is 0.223. The summed E-state index contributed by atoms with van der Waals surface area (Å²) in [5.74, 6) is 1.05. The van der Waals surface area contributed by atoms with Gasteiger partial charge in [-0.25, -0.2) is 4.39 Å². The van der Waals surface area contributed by atoms with Gasteiger partial charge in [0.2, 0.25) is 6.79 Å². The molecule has 1 aliphatic rings. The number of halogens is 1. The molecule has 19 heavy (non-hydrogen) atoms. The Kier molecular flexibility index (Phi) is 2.67. The first kappa shape index (κ1) is 11.6. The lowest BCUT2D eigenvalue weighted by Gasteiger charge is -2.12. The van der Waals surface area contributed by atoms with Crippen LogP contribution in [0.4, 0.5) is 21.5 Å². The summed E-state index contributed by atoms with van der Waals surface area (Å²) in [6, 6.07) is 7.91. The summed E-state index contributed by atoms with van der Waals surface area (Å²) >= 11 is 0. The Morgan fingerprint density at radius 1 is 1.11 bits per heavy atom. The fourth-order valence-corrected chi connectivity index (χ4v) is 1.96. The molecule has 98 valence electrons. The van der Waals surface area contributed by atoms with E-state index in [-0.39, 0.29) is 12.6 Å². The number of nitrogens with one attached hydrogen (secondary N) is 1. The maximum atomic E-state index is 13.2. The molecule has 0 aromatic heterocycles. The molecule has 0 aliphatic carbocycles. The highest BCUT2D eigenvalue weighted by atomic mass is 19.1. The standard InChI is InChI=1S/C14H13FN2O2/c1-8-4-13-14(19-7-18-13)6-11(8)17-12-5-9(15)2-3-10(12)16/h2-6,17H,7,16H2,1H3. The Labute approximate surface area is 109 Å². The molecule has 0 saturated carbocycles. The van der Waals surface area contributed by atoms with Gasteiger partial charge in [-0.15, -0.1) is 0 Å². The molecule has 0 bridgehead atoms. The van der Waals surface area contributed by atoms with E-state index < -0.39 is 0 Å². The second kappa shape index (κ2) is 4.35. The molecule has 3 rings (SSSR count). The van der Waals surface area contributed by atoms with Crippen LogP contribution in [0.25, 0.3) is 0 Å². The van der Waals surface area contributed by atoms with Gasteiger partial charge in [-0.05, 0) is 36.8 Å². The van der Waals surface area contributed by atoms with Crippen LogP contribution in [0, 0.1) is 12.7 Å². The number of benzene rings is 2. The van der Waals surface area contributed by atoms with Crippen LogP contribution < -0.4 is 20.5 Å². The molecule has 0 saturated heterocycles. The average molecular weight is 260 g/mol. The lowest BCUT2D eigenvalue weighted by Crippen LogP contribution is -1.98. The molecule has 1 aliphatic heterocycles. The first-order chi connectivity index (χ1) is 9.13. The smallest absolute Gasteiger partial charge is 0.231 e. The number of anilines is 3. The lowest BCUT2D eigenvalue weighted by molar-refractivity contribution is 0.174. The van der Waals surface area contributed by atoms with Crippen molar-refractivity contribution in [2.45, 2.75) is 6.92 Å². The van der Waals surface area contributed by atoms with E-state index in [0.29, 0.717) is 17.1 Å². The molecular formula is C14H13FN2O2. The van der Waals surface area contributed by atoms with Gasteiger partial charge in [0, 0.05) is 11.8 Å². The van der Waals surface area contributed by atoms with Crippen LogP contribution in [-0.2, 0) is 0 Å². The van der Waals surface area contributed by atoms with Crippen molar-refractivity contribution in [1.29, 1.82) is 0 Å². The zero-order valence-corrected chi connectivity index (χ0v) is 10.4. The first-order valence-electron chi connectivity index (χ1n) is 5.86. The fraction of sp³-hybridized carbons (Fsp3) is 0.143. The quantitative estimate of drug-likeness (QED) is 0.814. The van der Waals surface area contributed by atoms with E-state index in [4.69, 9.17) is 15.2 Å². The summed E-state index contributed by atoms with van der Waals surface area (Å²) in [6.07, 6.45) is 0. The van der Waals surface area contributed by atoms with Crippen molar-refractivity contribution in [2.75, 3.05) is 17.8 Å². The Balaban J connectivity index is 1.97. The number of hydrogen-bond acceptors (Lipinski definition) is 4. The molecule has 4 nitrogen and oxygen atoms in total. The maximum absolute atomic E-state index is 13.2. The minimum atomic E-state index is -0.338. The topological polar surface area (TPSA) is 56.5 Å². The Bertz CT molecular complexity index is 644. The van der Waals surface area contributed by atoms with Crippen molar-refractivity contribution < 1.29 is 13.9 Å². The molecular weight excluding hydrogens is 247 g/mol. The number of rotatable bonds is 2. The lowest BCUT2D eigenvalue weighted by atomic mass is 10.1. The van der Waals surface area contributed by atoms with Crippen LogP contribution in [0.15, 0.2) is 30.3 Å². The molecule has 0 fully saturated rings. The highest BCUT2D eigenvalue weighted by Crippen LogP contribution is 2.38. The predicted octanol–water partition coefficient (Wildman–Crippen LogP) is 3.19. The van der Waals surface area contributed by atoms with E-state index in [2.05, 4.69) is 5.32 Å². The summed E-state index contributed by atoms with van der Waals surface area (Å²) in [4.78, 5) is 0. The molecule has 3 N–H and O–H groups in total. The molecule has 1 heterocycles. The number of aryl methyl sites for hydroxylation is 1. The van der Waals surface area contributed by atoms with Gasteiger partial charge in [-0.3, -0.25) is 0 Å². The highest BCUT2D eigenvalue weighted by molar-refractivity contribution is 5.75. The number of hydrogen-bond donors (Lipinski definition) is 2. The largest absolute Gasteiger partial charge is 0.454 e. The normalized spacial score (nSPS) is 12.5. The summed E-state index contributed by atoms with van der Waals surface area (Å²) in [7, 11) is 0. The highest BCUT2D eigenvalue weighted by Gasteiger charge is 2.16. The van der Waals surface area contributed by atoms with Crippen molar-refractivity contribution in [3.8, 4) is 11.5 Å². The SMILES string of the molecule is Cc1cc2c(cc1Nc1cc(F)ccc1N)OCO2. The van der Waals surface area contributed by atoms with Crippen LogP contribution in [0.2, 0.25) is 0 Å². The van der Waals surface area contributed by atoms with Crippen LogP contribution >= 0.6 is 0 Å². The van der Waals surface area contributed by atoms with Crippen LogP contribution in [0.5, 0.6) is 11.5 Å². The van der Waals surface area contributed by atoms with Gasteiger partial charge in [0.15, 0.2) is 11.5 Å². The predicted molar refractivity (Wildman–Crippen MR) is 71.4 cm³/mol. The number of nitrogens with two attached hydrogens (primary N) is 1. The minimum Gasteiger partial charge on any atom is -0.454 e. The Morgan fingerprint density at radius 2 is 1.84 bits per heavy atom. The average Bonchev–Trinajstić information content (AvgIpc) is 2.81.